The van der Waals surface area contributed by atoms with Gasteiger partial charge in [-0.25, -0.2) is 0 Å². The number of carbonyl (C=O) groups is 1. The summed E-state index contributed by atoms with van der Waals surface area (Å²) in [5.41, 5.74) is 1.02. The summed E-state index contributed by atoms with van der Waals surface area (Å²) in [6.45, 7) is 1.91. The molecule has 0 aliphatic carbocycles. The van der Waals surface area contributed by atoms with Crippen molar-refractivity contribution in [1.29, 1.82) is 0 Å². The molecule has 1 fully saturated rings. The van der Waals surface area contributed by atoms with E-state index in [2.05, 4.69) is 15.9 Å². The van der Waals surface area contributed by atoms with Gasteiger partial charge in [-0.3, -0.25) is 4.79 Å². The van der Waals surface area contributed by atoms with Crippen molar-refractivity contribution in [2.45, 2.75) is 18.9 Å². The fraction of sp³-hybridized carbons (Fsp3) is 0.300. The van der Waals surface area contributed by atoms with Gasteiger partial charge in [0.1, 0.15) is 12.0 Å². The van der Waals surface area contributed by atoms with Gasteiger partial charge in [0.05, 0.1) is 0 Å². The monoisotopic (exact) mass is 240 g/mol. The van der Waals surface area contributed by atoms with Crippen LogP contribution in [0.15, 0.2) is 28.7 Å². The molecule has 2 atom stereocenters. The highest BCUT2D eigenvalue weighted by Crippen LogP contribution is 2.36. The number of benzene rings is 1. The van der Waals surface area contributed by atoms with Gasteiger partial charge in [0.2, 0.25) is 0 Å². The average molecular weight is 241 g/mol. The zero-order valence-electron chi connectivity index (χ0n) is 7.16. The molecule has 3 heteroatoms. The lowest BCUT2D eigenvalue weighted by Gasteiger charge is -2.33. The highest BCUT2D eigenvalue weighted by Gasteiger charge is 2.41. The first kappa shape index (κ1) is 8.75. The predicted octanol–water partition coefficient (Wildman–Crippen LogP) is 2.48. The second kappa shape index (κ2) is 3.14. The molecule has 0 unspecified atom stereocenters. The SMILES string of the molecule is C[C@H]1OC(=O)[C@@H]1c1ccccc1Br. The number of carbonyl (C=O) groups excluding carboxylic acids is 1. The van der Waals surface area contributed by atoms with Crippen LogP contribution in [-0.2, 0) is 9.53 Å². The molecule has 13 heavy (non-hydrogen) atoms. The summed E-state index contributed by atoms with van der Waals surface area (Å²) in [5, 5.41) is 0. The molecule has 0 aromatic heterocycles. The standard InChI is InChI=1S/C10H9BrO2/c1-6-9(10(12)13-6)7-4-2-3-5-8(7)11/h2-6,9H,1H3/t6-,9+/m1/s1. The van der Waals surface area contributed by atoms with Crippen molar-refractivity contribution in [2.24, 2.45) is 0 Å². The Kier molecular flexibility index (Phi) is 2.12. The van der Waals surface area contributed by atoms with E-state index < -0.39 is 0 Å². The van der Waals surface area contributed by atoms with Crippen molar-refractivity contribution < 1.29 is 9.53 Å². The molecule has 1 aromatic rings. The first-order valence-electron chi connectivity index (χ1n) is 4.15. The molecule has 1 aliphatic rings. The molecule has 0 amide bonds. The Hall–Kier alpha value is -0.830. The average Bonchev–Trinajstić information content (AvgIpc) is 2.09. The van der Waals surface area contributed by atoms with Crippen LogP contribution < -0.4 is 0 Å². The topological polar surface area (TPSA) is 26.3 Å². The van der Waals surface area contributed by atoms with Crippen molar-refractivity contribution in [2.75, 3.05) is 0 Å². The van der Waals surface area contributed by atoms with Crippen LogP contribution in [0.25, 0.3) is 0 Å². The van der Waals surface area contributed by atoms with Crippen LogP contribution >= 0.6 is 15.9 Å². The minimum absolute atomic E-state index is 0.00574. The minimum atomic E-state index is -0.126. The fourth-order valence-corrected chi connectivity index (χ4v) is 2.08. The second-order valence-electron chi connectivity index (χ2n) is 3.14. The number of cyclic esters (lactones) is 1. The van der Waals surface area contributed by atoms with Crippen LogP contribution in [-0.4, -0.2) is 12.1 Å². The molecule has 2 rings (SSSR count). The molecule has 0 bridgehead atoms. The molecule has 68 valence electrons. The van der Waals surface area contributed by atoms with Crippen LogP contribution in [0.3, 0.4) is 0 Å². The van der Waals surface area contributed by atoms with Crippen molar-refractivity contribution in [3.05, 3.63) is 34.3 Å². The molecular formula is C10H9BrO2. The smallest absolute Gasteiger partial charge is 0.317 e. The highest BCUT2D eigenvalue weighted by atomic mass is 79.9. The van der Waals surface area contributed by atoms with Crippen LogP contribution in [0.2, 0.25) is 0 Å². The lowest BCUT2D eigenvalue weighted by atomic mass is 9.90. The Bertz CT molecular complexity index is 349. The molecule has 0 radical (unpaired) electrons. The van der Waals surface area contributed by atoms with E-state index in [4.69, 9.17) is 4.74 Å². The van der Waals surface area contributed by atoms with Crippen LogP contribution in [0, 0.1) is 0 Å². The largest absolute Gasteiger partial charge is 0.461 e. The lowest BCUT2D eigenvalue weighted by molar-refractivity contribution is -0.172. The minimum Gasteiger partial charge on any atom is -0.461 e. The summed E-state index contributed by atoms with van der Waals surface area (Å²) in [6, 6.07) is 7.75. The highest BCUT2D eigenvalue weighted by molar-refractivity contribution is 9.10. The van der Waals surface area contributed by atoms with E-state index in [0.717, 1.165) is 10.0 Å². The number of hydrogen-bond donors (Lipinski definition) is 0. The molecular weight excluding hydrogens is 232 g/mol. The number of hydrogen-bond acceptors (Lipinski definition) is 2. The summed E-state index contributed by atoms with van der Waals surface area (Å²) in [4.78, 5) is 11.2. The van der Waals surface area contributed by atoms with E-state index in [1.807, 2.05) is 31.2 Å². The van der Waals surface area contributed by atoms with E-state index in [0.29, 0.717) is 0 Å². The van der Waals surface area contributed by atoms with Crippen molar-refractivity contribution in [1.82, 2.24) is 0 Å². The third kappa shape index (κ3) is 1.37. The van der Waals surface area contributed by atoms with E-state index >= 15 is 0 Å². The van der Waals surface area contributed by atoms with Crippen molar-refractivity contribution >= 4 is 21.9 Å². The Labute approximate surface area is 85.0 Å². The van der Waals surface area contributed by atoms with Gasteiger partial charge in [0, 0.05) is 4.47 Å². The summed E-state index contributed by atoms with van der Waals surface area (Å²) in [6.07, 6.45) is 0.00574. The second-order valence-corrected chi connectivity index (χ2v) is 4.00. The summed E-state index contributed by atoms with van der Waals surface area (Å²) >= 11 is 3.42. The van der Waals surface area contributed by atoms with E-state index in [9.17, 15) is 4.79 Å². The zero-order chi connectivity index (χ0) is 9.42. The summed E-state index contributed by atoms with van der Waals surface area (Å²) in [7, 11) is 0. The molecule has 2 nitrogen and oxygen atoms in total. The van der Waals surface area contributed by atoms with Crippen molar-refractivity contribution in [3.63, 3.8) is 0 Å². The Morgan fingerprint density at radius 3 is 2.62 bits per heavy atom. The molecule has 1 aromatic carbocycles. The van der Waals surface area contributed by atoms with Gasteiger partial charge in [-0.05, 0) is 18.6 Å². The van der Waals surface area contributed by atoms with Crippen LogP contribution in [0.4, 0.5) is 0 Å². The molecule has 1 heterocycles. The van der Waals surface area contributed by atoms with Gasteiger partial charge >= 0.3 is 5.97 Å². The Morgan fingerprint density at radius 1 is 1.38 bits per heavy atom. The van der Waals surface area contributed by atoms with E-state index in [-0.39, 0.29) is 18.0 Å². The Morgan fingerprint density at radius 2 is 2.08 bits per heavy atom. The number of rotatable bonds is 1. The molecule has 0 saturated carbocycles. The molecule has 1 aliphatic heterocycles. The van der Waals surface area contributed by atoms with Gasteiger partial charge in [0.15, 0.2) is 0 Å². The van der Waals surface area contributed by atoms with Gasteiger partial charge < -0.3 is 4.74 Å². The quantitative estimate of drug-likeness (QED) is 0.706. The predicted molar refractivity (Wildman–Crippen MR) is 52.4 cm³/mol. The maximum absolute atomic E-state index is 11.2. The van der Waals surface area contributed by atoms with Gasteiger partial charge in [-0.1, -0.05) is 34.1 Å². The number of ether oxygens (including phenoxy) is 1. The van der Waals surface area contributed by atoms with Gasteiger partial charge in [-0.2, -0.15) is 0 Å². The first-order valence-corrected chi connectivity index (χ1v) is 4.94. The van der Waals surface area contributed by atoms with Crippen LogP contribution in [0.5, 0.6) is 0 Å². The molecule has 1 saturated heterocycles. The van der Waals surface area contributed by atoms with E-state index in [1.165, 1.54) is 0 Å². The number of esters is 1. The number of halogens is 1. The third-order valence-electron chi connectivity index (χ3n) is 2.27. The van der Waals surface area contributed by atoms with Crippen LogP contribution in [0.1, 0.15) is 18.4 Å². The van der Waals surface area contributed by atoms with Gasteiger partial charge in [0.25, 0.3) is 0 Å². The summed E-state index contributed by atoms with van der Waals surface area (Å²) < 4.78 is 5.88. The Balaban J connectivity index is 2.35. The maximum Gasteiger partial charge on any atom is 0.317 e. The summed E-state index contributed by atoms with van der Waals surface area (Å²) in [5.74, 6) is -0.213. The maximum atomic E-state index is 11.2. The normalized spacial score (nSPS) is 26.5. The fourth-order valence-electron chi connectivity index (χ4n) is 1.55. The first-order chi connectivity index (χ1) is 6.20. The zero-order valence-corrected chi connectivity index (χ0v) is 8.74. The van der Waals surface area contributed by atoms with E-state index in [1.54, 1.807) is 0 Å². The molecule has 0 spiro atoms. The van der Waals surface area contributed by atoms with Crippen molar-refractivity contribution in [3.8, 4) is 0 Å². The lowest BCUT2D eigenvalue weighted by Crippen LogP contribution is -2.40. The third-order valence-corrected chi connectivity index (χ3v) is 2.99. The molecule has 0 N–H and O–H groups in total. The van der Waals surface area contributed by atoms with Gasteiger partial charge in [-0.15, -0.1) is 0 Å².